The molecule has 1 fully saturated rings. The number of ether oxygens (including phenoxy) is 1. The highest BCUT2D eigenvalue weighted by atomic mass is 35.5. The minimum absolute atomic E-state index is 0.312. The molecule has 0 bridgehead atoms. The van der Waals surface area contributed by atoms with E-state index in [1.807, 2.05) is 0 Å². The number of allylic oxidation sites excluding steroid dienone is 1. The summed E-state index contributed by atoms with van der Waals surface area (Å²) in [6.07, 6.45) is 6.76. The molecule has 20 heavy (non-hydrogen) atoms. The minimum Gasteiger partial charge on any atom is -0.480 e. The number of fused-ring (bicyclic) bond motifs is 3. The second-order valence-electron chi connectivity index (χ2n) is 5.21. The maximum absolute atomic E-state index is 10.6. The van der Waals surface area contributed by atoms with Crippen LogP contribution in [0.25, 0.3) is 6.08 Å². The molecule has 0 heterocycles. The zero-order valence-electron chi connectivity index (χ0n) is 10.8. The van der Waals surface area contributed by atoms with Gasteiger partial charge in [-0.1, -0.05) is 41.3 Å². The average molecular weight is 313 g/mol. The van der Waals surface area contributed by atoms with Gasteiger partial charge in [0.1, 0.15) is 10.8 Å². The Morgan fingerprint density at radius 1 is 1.35 bits per heavy atom. The van der Waals surface area contributed by atoms with Crippen LogP contribution in [-0.2, 0) is 4.79 Å². The Bertz CT molecular complexity index is 608. The third-order valence-electron chi connectivity index (χ3n) is 3.94. The van der Waals surface area contributed by atoms with E-state index in [0.29, 0.717) is 21.7 Å². The van der Waals surface area contributed by atoms with E-state index in [2.05, 4.69) is 6.08 Å². The number of hydrogen-bond acceptors (Lipinski definition) is 2. The second kappa shape index (κ2) is 5.30. The number of hydrogen-bond donors (Lipinski definition) is 1. The average Bonchev–Trinajstić information content (AvgIpc) is 2.79. The monoisotopic (exact) mass is 312 g/mol. The van der Waals surface area contributed by atoms with Crippen LogP contribution in [0.4, 0.5) is 0 Å². The molecule has 0 amide bonds. The summed E-state index contributed by atoms with van der Waals surface area (Å²) in [6, 6.07) is 1.80. The largest absolute Gasteiger partial charge is 0.480 e. The fraction of sp³-hybridized carbons (Fsp3) is 0.400. The van der Waals surface area contributed by atoms with Gasteiger partial charge >= 0.3 is 5.97 Å². The van der Waals surface area contributed by atoms with Crippen LogP contribution < -0.4 is 4.74 Å². The fourth-order valence-corrected chi connectivity index (χ4v) is 3.64. The molecule has 3 rings (SSSR count). The molecule has 1 saturated carbocycles. The number of carboxylic acid groups (broad SMARTS) is 1. The number of aliphatic carboxylic acids is 1. The van der Waals surface area contributed by atoms with Crippen molar-refractivity contribution >= 4 is 35.2 Å². The highest BCUT2D eigenvalue weighted by molar-refractivity contribution is 6.43. The molecular formula is C15H14Cl2O3. The quantitative estimate of drug-likeness (QED) is 0.893. The van der Waals surface area contributed by atoms with Gasteiger partial charge in [0.2, 0.25) is 0 Å². The smallest absolute Gasteiger partial charge is 0.341 e. The first-order valence-electron chi connectivity index (χ1n) is 6.65. The van der Waals surface area contributed by atoms with Crippen molar-refractivity contribution in [1.29, 1.82) is 0 Å². The van der Waals surface area contributed by atoms with Gasteiger partial charge in [0.05, 0.1) is 5.02 Å². The molecule has 2 aliphatic carbocycles. The molecule has 1 atom stereocenters. The maximum atomic E-state index is 10.6. The topological polar surface area (TPSA) is 46.5 Å². The second-order valence-corrected chi connectivity index (χ2v) is 5.96. The first-order valence-corrected chi connectivity index (χ1v) is 7.40. The number of halogens is 2. The highest BCUT2D eigenvalue weighted by Crippen LogP contribution is 2.51. The molecule has 0 aliphatic heterocycles. The van der Waals surface area contributed by atoms with Gasteiger partial charge in [0.15, 0.2) is 6.61 Å². The third kappa shape index (κ3) is 2.29. The van der Waals surface area contributed by atoms with Gasteiger partial charge in [-0.15, -0.1) is 0 Å². The molecule has 1 aromatic rings. The molecule has 3 nitrogen and oxygen atoms in total. The zero-order valence-corrected chi connectivity index (χ0v) is 12.3. The van der Waals surface area contributed by atoms with Crippen molar-refractivity contribution in [2.24, 2.45) is 0 Å². The molecule has 5 heteroatoms. The summed E-state index contributed by atoms with van der Waals surface area (Å²) in [4.78, 5) is 10.6. The van der Waals surface area contributed by atoms with Gasteiger partial charge in [-0.3, -0.25) is 0 Å². The van der Waals surface area contributed by atoms with E-state index in [-0.39, 0.29) is 0 Å². The predicted molar refractivity (Wildman–Crippen MR) is 78.8 cm³/mol. The van der Waals surface area contributed by atoms with Crippen molar-refractivity contribution in [3.8, 4) is 5.75 Å². The van der Waals surface area contributed by atoms with Crippen LogP contribution in [0, 0.1) is 0 Å². The number of carbonyl (C=O) groups is 1. The Balaban J connectivity index is 2.00. The Kier molecular flexibility index (Phi) is 3.65. The summed E-state index contributed by atoms with van der Waals surface area (Å²) in [5.74, 6) is -0.324. The van der Waals surface area contributed by atoms with Gasteiger partial charge in [-0.05, 0) is 36.5 Å². The first kappa shape index (κ1) is 13.8. The standard InChI is InChI=1S/C15H14Cl2O3/c16-14-11(20-7-12(18)19)6-9-5-8-3-1-2-4-10(8)13(9)15(14)17/h5-6,10H,1-4,7H2,(H,18,19). The van der Waals surface area contributed by atoms with Crippen LogP contribution in [0.5, 0.6) is 5.75 Å². The van der Waals surface area contributed by atoms with E-state index in [9.17, 15) is 4.79 Å². The summed E-state index contributed by atoms with van der Waals surface area (Å²) in [5.41, 5.74) is 3.50. The number of benzene rings is 1. The summed E-state index contributed by atoms with van der Waals surface area (Å²) in [7, 11) is 0. The van der Waals surface area contributed by atoms with Gasteiger partial charge in [0, 0.05) is 5.92 Å². The minimum atomic E-state index is -1.04. The van der Waals surface area contributed by atoms with Crippen molar-refractivity contribution in [3.05, 3.63) is 32.8 Å². The van der Waals surface area contributed by atoms with Crippen molar-refractivity contribution in [2.45, 2.75) is 31.6 Å². The molecule has 0 radical (unpaired) electrons. The van der Waals surface area contributed by atoms with Crippen LogP contribution in [-0.4, -0.2) is 17.7 Å². The lowest BCUT2D eigenvalue weighted by molar-refractivity contribution is -0.139. The zero-order chi connectivity index (χ0) is 14.3. The lowest BCUT2D eigenvalue weighted by Gasteiger charge is -2.23. The van der Waals surface area contributed by atoms with Crippen LogP contribution in [0.2, 0.25) is 10.0 Å². The SMILES string of the molecule is O=C(O)COc1cc2c(c(Cl)c1Cl)C1CCCCC1=C2. The lowest BCUT2D eigenvalue weighted by Crippen LogP contribution is -2.10. The normalized spacial score (nSPS) is 20.1. The molecule has 2 aliphatic rings. The third-order valence-corrected chi connectivity index (χ3v) is 4.80. The van der Waals surface area contributed by atoms with E-state index in [1.165, 1.54) is 18.4 Å². The van der Waals surface area contributed by atoms with Crippen LogP contribution in [0.1, 0.15) is 42.7 Å². The summed E-state index contributed by atoms with van der Waals surface area (Å²) in [5, 5.41) is 9.50. The summed E-state index contributed by atoms with van der Waals surface area (Å²) >= 11 is 12.6. The van der Waals surface area contributed by atoms with Crippen molar-refractivity contribution in [1.82, 2.24) is 0 Å². The molecular weight excluding hydrogens is 299 g/mol. The Morgan fingerprint density at radius 2 is 2.15 bits per heavy atom. The van der Waals surface area contributed by atoms with Crippen LogP contribution in [0.15, 0.2) is 11.6 Å². The molecule has 1 aromatic carbocycles. The van der Waals surface area contributed by atoms with E-state index in [4.69, 9.17) is 33.0 Å². The van der Waals surface area contributed by atoms with E-state index >= 15 is 0 Å². The molecule has 0 saturated heterocycles. The van der Waals surface area contributed by atoms with Gasteiger partial charge in [-0.25, -0.2) is 4.79 Å². The molecule has 0 spiro atoms. The van der Waals surface area contributed by atoms with Gasteiger partial charge < -0.3 is 9.84 Å². The van der Waals surface area contributed by atoms with Gasteiger partial charge in [0.25, 0.3) is 0 Å². The molecule has 1 unspecified atom stereocenters. The lowest BCUT2D eigenvalue weighted by atomic mass is 9.83. The molecule has 106 valence electrons. The first-order chi connectivity index (χ1) is 9.58. The summed E-state index contributed by atoms with van der Waals surface area (Å²) < 4.78 is 5.21. The Hall–Kier alpha value is -1.19. The predicted octanol–water partition coefficient (Wildman–Crippen LogP) is 4.51. The van der Waals surface area contributed by atoms with E-state index in [0.717, 1.165) is 24.0 Å². The van der Waals surface area contributed by atoms with Crippen molar-refractivity contribution in [2.75, 3.05) is 6.61 Å². The number of rotatable bonds is 3. The van der Waals surface area contributed by atoms with Gasteiger partial charge in [-0.2, -0.15) is 0 Å². The van der Waals surface area contributed by atoms with Crippen LogP contribution >= 0.6 is 23.2 Å². The number of carboxylic acids is 1. The van der Waals surface area contributed by atoms with Crippen molar-refractivity contribution in [3.63, 3.8) is 0 Å². The molecule has 0 aromatic heterocycles. The maximum Gasteiger partial charge on any atom is 0.341 e. The van der Waals surface area contributed by atoms with E-state index < -0.39 is 12.6 Å². The van der Waals surface area contributed by atoms with Crippen LogP contribution in [0.3, 0.4) is 0 Å². The fourth-order valence-electron chi connectivity index (χ4n) is 3.09. The van der Waals surface area contributed by atoms with E-state index in [1.54, 1.807) is 6.07 Å². The van der Waals surface area contributed by atoms with Crippen molar-refractivity contribution < 1.29 is 14.6 Å². The Morgan fingerprint density at radius 3 is 2.90 bits per heavy atom. The molecule has 1 N–H and O–H groups in total. The highest BCUT2D eigenvalue weighted by Gasteiger charge is 2.31. The Labute approximate surface area is 127 Å². The summed E-state index contributed by atoms with van der Waals surface area (Å²) in [6.45, 7) is -0.422.